The minimum Gasteiger partial charge on any atom is -0.497 e. The average Bonchev–Trinajstić information content (AvgIpc) is 2.87. The van der Waals surface area contributed by atoms with Crippen LogP contribution in [0.5, 0.6) is 5.75 Å². The molecule has 1 aromatic heterocycles. The van der Waals surface area contributed by atoms with Crippen molar-refractivity contribution in [2.75, 3.05) is 27.2 Å². The van der Waals surface area contributed by atoms with Gasteiger partial charge in [-0.25, -0.2) is 0 Å². The van der Waals surface area contributed by atoms with Gasteiger partial charge in [0.1, 0.15) is 5.75 Å². The molecule has 1 aliphatic rings. The molecule has 0 amide bonds. The molecule has 0 aliphatic carbocycles. The molecule has 0 fully saturated rings. The second-order valence-corrected chi connectivity index (χ2v) is 6.40. The van der Waals surface area contributed by atoms with Crippen molar-refractivity contribution in [1.82, 2.24) is 9.88 Å². The fourth-order valence-corrected chi connectivity index (χ4v) is 3.70. The Labute approximate surface area is 136 Å². The average molecular weight is 306 g/mol. The number of nitrogens with zero attached hydrogens (tertiary/aromatic N) is 1. The van der Waals surface area contributed by atoms with E-state index >= 15 is 0 Å². The molecule has 0 spiro atoms. The summed E-state index contributed by atoms with van der Waals surface area (Å²) in [5.41, 5.74) is 5.39. The van der Waals surface area contributed by atoms with Gasteiger partial charge < -0.3 is 14.6 Å². The Kier molecular flexibility index (Phi) is 3.58. The van der Waals surface area contributed by atoms with Gasteiger partial charge >= 0.3 is 0 Å². The summed E-state index contributed by atoms with van der Waals surface area (Å²) in [6.45, 7) is 2.13. The van der Waals surface area contributed by atoms with Crippen molar-refractivity contribution in [3.63, 3.8) is 0 Å². The molecule has 118 valence electrons. The number of H-pyrrole nitrogens is 1. The van der Waals surface area contributed by atoms with Crippen LogP contribution < -0.4 is 4.74 Å². The highest BCUT2D eigenvalue weighted by atomic mass is 16.5. The van der Waals surface area contributed by atoms with E-state index < -0.39 is 0 Å². The van der Waals surface area contributed by atoms with Gasteiger partial charge in [-0.15, -0.1) is 0 Å². The highest BCUT2D eigenvalue weighted by Gasteiger charge is 2.26. The number of hydrogen-bond acceptors (Lipinski definition) is 2. The molecule has 0 unspecified atom stereocenters. The Bertz CT molecular complexity index is 822. The van der Waals surface area contributed by atoms with Crippen LogP contribution >= 0.6 is 0 Å². The Morgan fingerprint density at radius 3 is 2.74 bits per heavy atom. The lowest BCUT2D eigenvalue weighted by atomic mass is 9.93. The van der Waals surface area contributed by atoms with Crippen molar-refractivity contribution >= 4 is 10.9 Å². The lowest BCUT2D eigenvalue weighted by Gasteiger charge is -2.20. The molecule has 4 rings (SSSR count). The van der Waals surface area contributed by atoms with Crippen LogP contribution in [0, 0.1) is 0 Å². The molecule has 0 saturated carbocycles. The molecule has 0 radical (unpaired) electrons. The SMILES string of the molecule is COc1ccc2[nH]c3c(c2c1)CCN(C)C[C@H]3c1ccccc1. The van der Waals surface area contributed by atoms with Crippen molar-refractivity contribution < 1.29 is 4.74 Å². The Balaban J connectivity index is 1.90. The molecule has 3 nitrogen and oxygen atoms in total. The van der Waals surface area contributed by atoms with Crippen molar-refractivity contribution in [2.24, 2.45) is 0 Å². The third-order valence-electron chi connectivity index (χ3n) is 4.93. The molecule has 23 heavy (non-hydrogen) atoms. The summed E-state index contributed by atoms with van der Waals surface area (Å²) in [7, 11) is 3.94. The van der Waals surface area contributed by atoms with Crippen molar-refractivity contribution in [3.8, 4) is 5.75 Å². The lowest BCUT2D eigenvalue weighted by molar-refractivity contribution is 0.337. The number of aromatic nitrogens is 1. The first-order valence-corrected chi connectivity index (χ1v) is 8.18. The molecule has 3 aromatic rings. The summed E-state index contributed by atoms with van der Waals surface area (Å²) in [6.07, 6.45) is 1.07. The zero-order chi connectivity index (χ0) is 15.8. The standard InChI is InChI=1S/C20H22N2O/c1-22-11-10-16-17-12-15(23-2)8-9-19(17)21-20(16)18(13-22)14-6-4-3-5-7-14/h3-9,12,18,21H,10-11,13H2,1-2H3/t18-/m0/s1. The number of rotatable bonds is 2. The Hall–Kier alpha value is -2.26. The number of hydrogen-bond donors (Lipinski definition) is 1. The van der Waals surface area contributed by atoms with E-state index in [1.165, 1.54) is 27.7 Å². The molecular weight excluding hydrogens is 284 g/mol. The quantitative estimate of drug-likeness (QED) is 0.780. The van der Waals surface area contributed by atoms with E-state index in [0.717, 1.165) is 25.3 Å². The summed E-state index contributed by atoms with van der Waals surface area (Å²) >= 11 is 0. The minimum absolute atomic E-state index is 0.386. The van der Waals surface area contributed by atoms with Crippen molar-refractivity contribution in [2.45, 2.75) is 12.3 Å². The van der Waals surface area contributed by atoms with E-state index in [1.54, 1.807) is 7.11 Å². The first-order valence-electron chi connectivity index (χ1n) is 8.18. The van der Waals surface area contributed by atoms with E-state index in [4.69, 9.17) is 4.74 Å². The predicted molar refractivity (Wildman–Crippen MR) is 94.3 cm³/mol. The molecule has 1 atom stereocenters. The van der Waals surface area contributed by atoms with E-state index in [-0.39, 0.29) is 0 Å². The first-order chi connectivity index (χ1) is 11.3. The Morgan fingerprint density at radius 1 is 1.13 bits per heavy atom. The molecule has 1 aliphatic heterocycles. The number of likely N-dealkylation sites (N-methyl/N-ethyl adjacent to an activating group) is 1. The summed E-state index contributed by atoms with van der Waals surface area (Å²) < 4.78 is 5.42. The predicted octanol–water partition coefficient (Wildman–Crippen LogP) is 3.80. The second-order valence-electron chi connectivity index (χ2n) is 6.40. The van der Waals surface area contributed by atoms with Crippen LogP contribution in [-0.2, 0) is 6.42 Å². The van der Waals surface area contributed by atoms with Gasteiger partial charge in [0.05, 0.1) is 7.11 Å². The summed E-state index contributed by atoms with van der Waals surface area (Å²) in [4.78, 5) is 6.12. The van der Waals surface area contributed by atoms with Gasteiger partial charge in [-0.1, -0.05) is 30.3 Å². The van der Waals surface area contributed by atoms with Crippen LogP contribution in [-0.4, -0.2) is 37.1 Å². The molecule has 2 aromatic carbocycles. The normalized spacial score (nSPS) is 18.6. The van der Waals surface area contributed by atoms with E-state index in [9.17, 15) is 0 Å². The number of nitrogens with one attached hydrogen (secondary N) is 1. The number of ether oxygens (including phenoxy) is 1. The smallest absolute Gasteiger partial charge is 0.119 e. The first kappa shape index (κ1) is 14.3. The molecule has 0 bridgehead atoms. The number of methoxy groups -OCH3 is 1. The minimum atomic E-state index is 0.386. The van der Waals surface area contributed by atoms with Crippen LogP contribution in [0.1, 0.15) is 22.7 Å². The van der Waals surface area contributed by atoms with Crippen molar-refractivity contribution in [1.29, 1.82) is 0 Å². The zero-order valence-electron chi connectivity index (χ0n) is 13.7. The highest BCUT2D eigenvalue weighted by Crippen LogP contribution is 2.36. The van der Waals surface area contributed by atoms with Crippen LogP contribution in [0.25, 0.3) is 10.9 Å². The van der Waals surface area contributed by atoms with Gasteiger partial charge in [-0.2, -0.15) is 0 Å². The maximum atomic E-state index is 5.42. The van der Waals surface area contributed by atoms with Gasteiger partial charge in [0.2, 0.25) is 0 Å². The molecular formula is C20H22N2O. The third-order valence-corrected chi connectivity index (χ3v) is 4.93. The van der Waals surface area contributed by atoms with E-state index in [1.807, 2.05) is 6.07 Å². The lowest BCUT2D eigenvalue weighted by Crippen LogP contribution is -2.24. The topological polar surface area (TPSA) is 28.3 Å². The van der Waals surface area contributed by atoms with Crippen LogP contribution in [0.3, 0.4) is 0 Å². The van der Waals surface area contributed by atoms with Crippen LogP contribution in [0.4, 0.5) is 0 Å². The summed E-state index contributed by atoms with van der Waals surface area (Å²) in [6, 6.07) is 17.1. The van der Waals surface area contributed by atoms with Crippen molar-refractivity contribution in [3.05, 3.63) is 65.4 Å². The largest absolute Gasteiger partial charge is 0.497 e. The Morgan fingerprint density at radius 2 is 1.96 bits per heavy atom. The van der Waals surface area contributed by atoms with Crippen LogP contribution in [0.2, 0.25) is 0 Å². The van der Waals surface area contributed by atoms with Gasteiger partial charge in [-0.3, -0.25) is 0 Å². The second kappa shape index (κ2) is 5.74. The summed E-state index contributed by atoms with van der Waals surface area (Å²) in [5.74, 6) is 1.31. The number of fused-ring (bicyclic) bond motifs is 3. The fourth-order valence-electron chi connectivity index (χ4n) is 3.70. The number of benzene rings is 2. The highest BCUT2D eigenvalue weighted by molar-refractivity contribution is 5.86. The van der Waals surface area contributed by atoms with E-state index in [2.05, 4.69) is 59.4 Å². The van der Waals surface area contributed by atoms with E-state index in [0.29, 0.717) is 5.92 Å². The van der Waals surface area contributed by atoms with Gasteiger partial charge in [0.25, 0.3) is 0 Å². The maximum absolute atomic E-state index is 5.42. The molecule has 0 saturated heterocycles. The molecule has 1 N–H and O–H groups in total. The zero-order valence-corrected chi connectivity index (χ0v) is 13.7. The fraction of sp³-hybridized carbons (Fsp3) is 0.300. The maximum Gasteiger partial charge on any atom is 0.119 e. The van der Waals surface area contributed by atoms with Gasteiger partial charge in [0, 0.05) is 35.6 Å². The molecule has 2 heterocycles. The van der Waals surface area contributed by atoms with Gasteiger partial charge in [-0.05, 0) is 42.8 Å². The van der Waals surface area contributed by atoms with Gasteiger partial charge in [0.15, 0.2) is 0 Å². The number of aromatic amines is 1. The van der Waals surface area contributed by atoms with Crippen LogP contribution in [0.15, 0.2) is 48.5 Å². The monoisotopic (exact) mass is 306 g/mol. The third kappa shape index (κ3) is 2.51. The molecule has 3 heteroatoms. The summed E-state index contributed by atoms with van der Waals surface area (Å²) in [5, 5.41) is 1.30.